The van der Waals surface area contributed by atoms with Crippen LogP contribution in [0.15, 0.2) is 36.4 Å². The molecule has 5 atom stereocenters. The number of benzene rings is 2. The predicted molar refractivity (Wildman–Crippen MR) is 152 cm³/mol. The molecule has 1 N–H and O–H groups in total. The van der Waals surface area contributed by atoms with Crippen molar-refractivity contribution in [2.24, 2.45) is 5.92 Å². The van der Waals surface area contributed by atoms with Gasteiger partial charge in [-0.15, -0.1) is 0 Å². The van der Waals surface area contributed by atoms with Gasteiger partial charge in [-0.25, -0.2) is 4.79 Å². The Morgan fingerprint density at radius 1 is 1.03 bits per heavy atom. The lowest BCUT2D eigenvalue weighted by Gasteiger charge is -2.43. The second-order valence-electron chi connectivity index (χ2n) is 12.0. The van der Waals surface area contributed by atoms with Crippen LogP contribution in [0.1, 0.15) is 63.5 Å². The van der Waals surface area contributed by atoms with E-state index in [0.717, 1.165) is 36.2 Å². The van der Waals surface area contributed by atoms with Gasteiger partial charge >= 0.3 is 12.1 Å². The Morgan fingerprint density at radius 3 is 2.31 bits per heavy atom. The summed E-state index contributed by atoms with van der Waals surface area (Å²) in [6, 6.07) is 11.5. The Balaban J connectivity index is 1.27. The van der Waals surface area contributed by atoms with Crippen LogP contribution in [-0.4, -0.2) is 58.9 Å². The lowest BCUT2D eigenvalue weighted by molar-refractivity contribution is -0.146. The smallest absolute Gasteiger partial charge is 0.410 e. The first kappa shape index (κ1) is 27.9. The molecule has 5 rings (SSSR count). The Hall–Kier alpha value is -2.64. The van der Waals surface area contributed by atoms with Gasteiger partial charge in [0.05, 0.1) is 22.5 Å². The third-order valence-electron chi connectivity index (χ3n) is 8.07. The van der Waals surface area contributed by atoms with Gasteiger partial charge in [-0.3, -0.25) is 4.79 Å². The summed E-state index contributed by atoms with van der Waals surface area (Å²) < 4.78 is 11.8. The van der Waals surface area contributed by atoms with E-state index >= 15 is 0 Å². The molecule has 0 unspecified atom stereocenters. The molecule has 7 nitrogen and oxygen atoms in total. The van der Waals surface area contributed by atoms with Gasteiger partial charge in [0.2, 0.25) is 0 Å². The number of carboxylic acid groups (broad SMARTS) is 1. The molecule has 0 radical (unpaired) electrons. The van der Waals surface area contributed by atoms with E-state index in [2.05, 4.69) is 17.0 Å². The lowest BCUT2D eigenvalue weighted by atomic mass is 9.76. The minimum absolute atomic E-state index is 0.0120. The largest absolute Gasteiger partial charge is 0.485 e. The first-order valence-corrected chi connectivity index (χ1v) is 14.4. The number of hydrogen-bond acceptors (Lipinski definition) is 5. The molecule has 39 heavy (non-hydrogen) atoms. The maximum absolute atomic E-state index is 13.0. The molecule has 3 aliphatic heterocycles. The van der Waals surface area contributed by atoms with Gasteiger partial charge in [0.1, 0.15) is 11.7 Å². The van der Waals surface area contributed by atoms with Gasteiger partial charge in [0.15, 0.2) is 5.75 Å². The molecule has 1 amide bonds. The molecule has 0 aromatic heterocycles. The van der Waals surface area contributed by atoms with Gasteiger partial charge in [0, 0.05) is 36.7 Å². The molecule has 2 bridgehead atoms. The summed E-state index contributed by atoms with van der Waals surface area (Å²) in [5.74, 6) is -1.17. The van der Waals surface area contributed by atoms with Crippen molar-refractivity contribution >= 4 is 41.0 Å². The van der Waals surface area contributed by atoms with Crippen molar-refractivity contribution in [3.05, 3.63) is 57.6 Å². The van der Waals surface area contributed by atoms with E-state index in [1.165, 1.54) is 0 Å². The fourth-order valence-electron chi connectivity index (χ4n) is 6.44. The summed E-state index contributed by atoms with van der Waals surface area (Å²) in [6.45, 7) is 8.97. The molecule has 3 fully saturated rings. The van der Waals surface area contributed by atoms with Crippen LogP contribution in [0.3, 0.4) is 0 Å². The normalized spacial score (nSPS) is 26.6. The van der Waals surface area contributed by atoms with Crippen LogP contribution >= 0.6 is 23.2 Å². The van der Waals surface area contributed by atoms with Crippen molar-refractivity contribution in [1.82, 2.24) is 4.90 Å². The molecule has 0 spiro atoms. The molecule has 2 aromatic rings. The summed E-state index contributed by atoms with van der Waals surface area (Å²) in [7, 11) is 0. The quantitative estimate of drug-likeness (QED) is 0.417. The van der Waals surface area contributed by atoms with E-state index in [0.29, 0.717) is 35.2 Å². The number of nitrogens with zero attached hydrogens (tertiary/aromatic N) is 2. The van der Waals surface area contributed by atoms with E-state index in [4.69, 9.17) is 32.7 Å². The molecule has 3 heterocycles. The summed E-state index contributed by atoms with van der Waals surface area (Å²) in [5, 5.41) is 11.3. The molecule has 2 aromatic carbocycles. The van der Waals surface area contributed by atoms with Gasteiger partial charge in [-0.05, 0) is 82.3 Å². The standard InChI is InChI=1S/C30H36Cl2N2O5/c1-17-13-23(31)27(24(32)14-17)38-21-11-12-33(16-21)19-7-5-18(6-8-19)22-15-20-9-10-25(26(22)28(35)36)34(20)29(37)39-30(2,3)4/h5-8,13-14,20-22,25-26H,9-12,15-16H2,1-4H3,(H,35,36)/t20-,21+,22+,25+,26+/m0/s1. The van der Waals surface area contributed by atoms with Crippen LogP contribution < -0.4 is 9.64 Å². The highest BCUT2D eigenvalue weighted by Gasteiger charge is 2.53. The first-order chi connectivity index (χ1) is 18.4. The molecular formula is C30H36Cl2N2O5. The number of anilines is 1. The molecule has 0 aliphatic carbocycles. The summed E-state index contributed by atoms with van der Waals surface area (Å²) in [5.41, 5.74) is 2.42. The van der Waals surface area contributed by atoms with Crippen LogP contribution in [0.5, 0.6) is 5.75 Å². The first-order valence-electron chi connectivity index (χ1n) is 13.6. The average molecular weight is 576 g/mol. The second kappa shape index (κ2) is 10.7. The number of carboxylic acids is 1. The SMILES string of the molecule is Cc1cc(Cl)c(O[C@@H]2CCN(c3ccc([C@H]4C[C@@H]5CC[C@H]([C@@H]4C(=O)O)N5C(=O)OC(C)(C)C)cc3)C2)c(Cl)c1. The molecule has 0 saturated carbocycles. The zero-order valence-corrected chi connectivity index (χ0v) is 24.3. The van der Waals surface area contributed by atoms with Crippen molar-refractivity contribution in [3.8, 4) is 5.75 Å². The highest BCUT2D eigenvalue weighted by molar-refractivity contribution is 6.37. The lowest BCUT2D eigenvalue weighted by Crippen LogP contribution is -2.54. The number of fused-ring (bicyclic) bond motifs is 2. The highest BCUT2D eigenvalue weighted by Crippen LogP contribution is 2.48. The minimum Gasteiger partial charge on any atom is -0.485 e. The Bertz CT molecular complexity index is 1220. The number of aryl methyl sites for hydroxylation is 1. The molecule has 3 saturated heterocycles. The number of aliphatic carboxylic acids is 1. The Kier molecular flexibility index (Phi) is 7.68. The molecule has 9 heteroatoms. The van der Waals surface area contributed by atoms with E-state index in [1.54, 1.807) is 4.90 Å². The molecular weight excluding hydrogens is 539 g/mol. The van der Waals surface area contributed by atoms with Gasteiger partial charge in [0.25, 0.3) is 0 Å². The number of ether oxygens (including phenoxy) is 2. The van der Waals surface area contributed by atoms with Gasteiger partial charge < -0.3 is 24.4 Å². The van der Waals surface area contributed by atoms with Crippen LogP contribution in [0.4, 0.5) is 10.5 Å². The monoisotopic (exact) mass is 574 g/mol. The van der Waals surface area contributed by atoms with Crippen LogP contribution in [0.2, 0.25) is 10.0 Å². The predicted octanol–water partition coefficient (Wildman–Crippen LogP) is 6.92. The number of halogens is 2. The van der Waals surface area contributed by atoms with Crippen molar-refractivity contribution < 1.29 is 24.2 Å². The van der Waals surface area contributed by atoms with Crippen LogP contribution in [-0.2, 0) is 9.53 Å². The maximum atomic E-state index is 13.0. The number of rotatable bonds is 5. The minimum atomic E-state index is -0.865. The highest BCUT2D eigenvalue weighted by atomic mass is 35.5. The van der Waals surface area contributed by atoms with Crippen molar-refractivity contribution in [1.29, 1.82) is 0 Å². The van der Waals surface area contributed by atoms with Crippen molar-refractivity contribution in [2.75, 3.05) is 18.0 Å². The fraction of sp³-hybridized carbons (Fsp3) is 0.533. The second-order valence-corrected chi connectivity index (χ2v) is 12.8. The van der Waals surface area contributed by atoms with Crippen LogP contribution in [0.25, 0.3) is 0 Å². The Morgan fingerprint density at radius 2 is 1.69 bits per heavy atom. The number of carbonyl (C=O) groups is 2. The van der Waals surface area contributed by atoms with Crippen molar-refractivity contribution in [2.45, 2.75) is 83.1 Å². The number of hydrogen-bond donors (Lipinski definition) is 1. The topological polar surface area (TPSA) is 79.3 Å². The summed E-state index contributed by atoms with van der Waals surface area (Å²) >= 11 is 12.8. The van der Waals surface area contributed by atoms with E-state index in [9.17, 15) is 14.7 Å². The van der Waals surface area contributed by atoms with Crippen molar-refractivity contribution in [3.63, 3.8) is 0 Å². The molecule has 3 aliphatic rings. The summed E-state index contributed by atoms with van der Waals surface area (Å²) in [4.78, 5) is 29.4. The Labute approximate surface area is 240 Å². The average Bonchev–Trinajstić information content (AvgIpc) is 3.43. The number of piperidine rings is 1. The van der Waals surface area contributed by atoms with E-state index < -0.39 is 23.6 Å². The zero-order chi connectivity index (χ0) is 28.1. The number of amides is 1. The zero-order valence-electron chi connectivity index (χ0n) is 22.8. The maximum Gasteiger partial charge on any atom is 0.410 e. The number of carbonyl (C=O) groups excluding carboxylic acids is 1. The summed E-state index contributed by atoms with van der Waals surface area (Å²) in [6.07, 6.45) is 2.49. The third-order valence-corrected chi connectivity index (χ3v) is 8.63. The fourth-order valence-corrected chi connectivity index (χ4v) is 7.13. The third kappa shape index (κ3) is 5.80. The van der Waals surface area contributed by atoms with Crippen LogP contribution in [0, 0.1) is 12.8 Å². The van der Waals surface area contributed by atoms with Gasteiger partial charge in [-0.2, -0.15) is 0 Å². The van der Waals surface area contributed by atoms with E-state index in [-0.39, 0.29) is 24.1 Å². The van der Waals surface area contributed by atoms with Gasteiger partial charge in [-0.1, -0.05) is 35.3 Å². The molecule has 210 valence electrons. The van der Waals surface area contributed by atoms with E-state index in [1.807, 2.05) is 52.0 Å².